The van der Waals surface area contributed by atoms with Crippen molar-refractivity contribution >= 4 is 14.5 Å². The summed E-state index contributed by atoms with van der Waals surface area (Å²) in [5.41, 5.74) is 2.67. The van der Waals surface area contributed by atoms with E-state index in [4.69, 9.17) is 0 Å². The second-order valence-electron chi connectivity index (χ2n) is 2.42. The normalized spacial score (nSPS) is 9.67. The summed E-state index contributed by atoms with van der Waals surface area (Å²) in [7, 11) is 2.70. The summed E-state index contributed by atoms with van der Waals surface area (Å²) in [6.07, 6.45) is 0. The van der Waals surface area contributed by atoms with Crippen LogP contribution in [0.25, 0.3) is 0 Å². The summed E-state index contributed by atoms with van der Waals surface area (Å²) in [4.78, 5) is 0. The molecule has 48 valence electrons. The molecule has 0 N–H and O–H groups in total. The van der Waals surface area contributed by atoms with Crippen molar-refractivity contribution in [2.24, 2.45) is 0 Å². The van der Waals surface area contributed by atoms with Gasteiger partial charge in [0, 0.05) is 0 Å². The van der Waals surface area contributed by atoms with E-state index in [1.165, 1.54) is 16.4 Å². The highest BCUT2D eigenvalue weighted by atomic mass is 31.0. The number of aryl methyl sites for hydroxylation is 2. The first-order valence-corrected chi connectivity index (χ1v) is 3.60. The second-order valence-corrected chi connectivity index (χ2v) is 3.09. The summed E-state index contributed by atoms with van der Waals surface area (Å²) in [6, 6.07) is 6.48. The zero-order valence-electron chi connectivity index (χ0n) is 5.81. The maximum Gasteiger partial charge on any atom is -0.0297 e. The van der Waals surface area contributed by atoms with Crippen molar-refractivity contribution in [2.75, 3.05) is 0 Å². The summed E-state index contributed by atoms with van der Waals surface area (Å²) in [6.45, 7) is 4.22. The molecule has 0 heterocycles. The molecule has 0 aromatic heterocycles. The van der Waals surface area contributed by atoms with E-state index in [0.29, 0.717) is 0 Å². The molecule has 0 nitrogen and oxygen atoms in total. The Morgan fingerprint density at radius 1 is 1.00 bits per heavy atom. The largest absolute Gasteiger partial charge is 0.106 e. The van der Waals surface area contributed by atoms with Crippen molar-refractivity contribution in [1.82, 2.24) is 0 Å². The topological polar surface area (TPSA) is 0 Å². The molecule has 1 heteroatoms. The molecule has 1 unspecified atom stereocenters. The van der Waals surface area contributed by atoms with Crippen LogP contribution in [0.3, 0.4) is 0 Å². The number of hydrogen-bond acceptors (Lipinski definition) is 0. The summed E-state index contributed by atoms with van der Waals surface area (Å²) >= 11 is 0. The molecule has 0 saturated heterocycles. The third-order valence-electron chi connectivity index (χ3n) is 1.24. The van der Waals surface area contributed by atoms with Gasteiger partial charge in [-0.3, -0.25) is 0 Å². The van der Waals surface area contributed by atoms with Gasteiger partial charge >= 0.3 is 0 Å². The molecule has 0 fully saturated rings. The van der Waals surface area contributed by atoms with Crippen LogP contribution in [0, 0.1) is 13.8 Å². The average Bonchev–Trinajstić information content (AvgIpc) is 1.59. The van der Waals surface area contributed by atoms with E-state index in [2.05, 4.69) is 41.3 Å². The Kier molecular flexibility index (Phi) is 1.87. The predicted molar refractivity (Wildman–Crippen MR) is 45.3 cm³/mol. The van der Waals surface area contributed by atoms with E-state index in [0.717, 1.165) is 0 Å². The van der Waals surface area contributed by atoms with E-state index < -0.39 is 0 Å². The Morgan fingerprint density at radius 2 is 1.44 bits per heavy atom. The first-order chi connectivity index (χ1) is 4.18. The monoisotopic (exact) mass is 138 g/mol. The third-order valence-corrected chi connectivity index (χ3v) is 1.58. The fourth-order valence-corrected chi connectivity index (χ4v) is 1.54. The van der Waals surface area contributed by atoms with Crippen LogP contribution in [0.1, 0.15) is 11.1 Å². The molecule has 0 aliphatic carbocycles. The maximum atomic E-state index is 2.70. The van der Waals surface area contributed by atoms with Gasteiger partial charge in [-0.25, -0.2) is 0 Å². The van der Waals surface area contributed by atoms with Crippen molar-refractivity contribution in [3.05, 3.63) is 29.3 Å². The van der Waals surface area contributed by atoms with Gasteiger partial charge in [0.25, 0.3) is 0 Å². The molecule has 1 atom stereocenters. The smallest absolute Gasteiger partial charge is 0.0297 e. The fraction of sp³-hybridized carbons (Fsp3) is 0.250. The van der Waals surface area contributed by atoms with Crippen molar-refractivity contribution in [3.8, 4) is 0 Å². The predicted octanol–water partition coefficient (Wildman–Crippen LogP) is 1.80. The lowest BCUT2D eigenvalue weighted by molar-refractivity contribution is 1.41. The number of benzene rings is 1. The van der Waals surface area contributed by atoms with Crippen molar-refractivity contribution in [3.63, 3.8) is 0 Å². The van der Waals surface area contributed by atoms with E-state index in [-0.39, 0.29) is 0 Å². The Hall–Kier alpha value is -0.350. The lowest BCUT2D eigenvalue weighted by atomic mass is 10.2. The van der Waals surface area contributed by atoms with Crippen LogP contribution in [-0.4, -0.2) is 0 Å². The zero-order valence-corrected chi connectivity index (χ0v) is 6.96. The van der Waals surface area contributed by atoms with Gasteiger partial charge < -0.3 is 0 Å². The first-order valence-electron chi connectivity index (χ1n) is 3.02. The van der Waals surface area contributed by atoms with Gasteiger partial charge in [0.15, 0.2) is 0 Å². The highest BCUT2D eigenvalue weighted by Gasteiger charge is 1.87. The SMILES string of the molecule is Cc1cc(C)cc(P)c1. The minimum Gasteiger partial charge on any atom is -0.106 e. The van der Waals surface area contributed by atoms with Crippen LogP contribution in [0.15, 0.2) is 18.2 Å². The van der Waals surface area contributed by atoms with Crippen LogP contribution in [0.2, 0.25) is 0 Å². The summed E-state index contributed by atoms with van der Waals surface area (Å²) in [5, 5.41) is 1.27. The molecule has 0 aliphatic heterocycles. The molecular weight excluding hydrogens is 127 g/mol. The highest BCUT2D eigenvalue weighted by molar-refractivity contribution is 7.27. The van der Waals surface area contributed by atoms with Crippen LogP contribution in [0.4, 0.5) is 0 Å². The maximum absolute atomic E-state index is 2.70. The number of hydrogen-bond donors (Lipinski definition) is 0. The van der Waals surface area contributed by atoms with E-state index >= 15 is 0 Å². The summed E-state index contributed by atoms with van der Waals surface area (Å²) in [5.74, 6) is 0. The Morgan fingerprint density at radius 3 is 1.78 bits per heavy atom. The standard InChI is InChI=1S/C8H11P/c1-6-3-7(2)5-8(9)4-6/h3-5H,9H2,1-2H3. The van der Waals surface area contributed by atoms with Gasteiger partial charge in [-0.05, 0) is 19.2 Å². The van der Waals surface area contributed by atoms with Crippen molar-refractivity contribution < 1.29 is 0 Å². The molecule has 0 amide bonds. The quantitative estimate of drug-likeness (QED) is 0.479. The molecule has 1 aromatic rings. The average molecular weight is 138 g/mol. The van der Waals surface area contributed by atoms with E-state index in [1.807, 2.05) is 0 Å². The first kappa shape index (κ1) is 6.77. The van der Waals surface area contributed by atoms with Gasteiger partial charge in [-0.15, -0.1) is 9.24 Å². The second kappa shape index (κ2) is 2.49. The van der Waals surface area contributed by atoms with Gasteiger partial charge in [0.2, 0.25) is 0 Å². The molecular formula is C8H11P. The lowest BCUT2D eigenvalue weighted by Crippen LogP contribution is -1.91. The van der Waals surface area contributed by atoms with Crippen LogP contribution < -0.4 is 5.30 Å². The minimum absolute atomic E-state index is 1.27. The summed E-state index contributed by atoms with van der Waals surface area (Å²) < 4.78 is 0. The minimum atomic E-state index is 1.27. The number of rotatable bonds is 0. The zero-order chi connectivity index (χ0) is 6.85. The van der Waals surface area contributed by atoms with E-state index in [1.54, 1.807) is 0 Å². The molecule has 1 aromatic carbocycles. The molecule has 0 spiro atoms. The van der Waals surface area contributed by atoms with E-state index in [9.17, 15) is 0 Å². The van der Waals surface area contributed by atoms with Crippen LogP contribution >= 0.6 is 9.24 Å². The van der Waals surface area contributed by atoms with Gasteiger partial charge in [-0.1, -0.05) is 29.3 Å². The third kappa shape index (κ3) is 1.80. The van der Waals surface area contributed by atoms with Crippen molar-refractivity contribution in [2.45, 2.75) is 13.8 Å². The molecule has 0 bridgehead atoms. The molecule has 9 heavy (non-hydrogen) atoms. The van der Waals surface area contributed by atoms with Gasteiger partial charge in [0.05, 0.1) is 0 Å². The lowest BCUT2D eigenvalue weighted by Gasteiger charge is -1.96. The van der Waals surface area contributed by atoms with Crippen LogP contribution in [-0.2, 0) is 0 Å². The molecule has 1 rings (SSSR count). The molecule has 0 radical (unpaired) electrons. The Labute approximate surface area is 58.5 Å². The van der Waals surface area contributed by atoms with Crippen molar-refractivity contribution in [1.29, 1.82) is 0 Å². The van der Waals surface area contributed by atoms with Gasteiger partial charge in [0.1, 0.15) is 0 Å². The van der Waals surface area contributed by atoms with Crippen LogP contribution in [0.5, 0.6) is 0 Å². The fourth-order valence-electron chi connectivity index (χ4n) is 1.01. The Bertz CT molecular complexity index is 165. The highest BCUT2D eigenvalue weighted by Crippen LogP contribution is 2.01. The molecule has 0 saturated carbocycles. The Balaban J connectivity index is 3.17. The van der Waals surface area contributed by atoms with Gasteiger partial charge in [-0.2, -0.15) is 0 Å². The molecule has 0 aliphatic rings.